The van der Waals surface area contributed by atoms with Gasteiger partial charge in [0.15, 0.2) is 0 Å². The summed E-state index contributed by atoms with van der Waals surface area (Å²) in [5.74, 6) is 0.151. The maximum Gasteiger partial charge on any atom is 0.133 e. The minimum atomic E-state index is -0.114. The summed E-state index contributed by atoms with van der Waals surface area (Å²) >= 11 is 0. The predicted molar refractivity (Wildman–Crippen MR) is 84.0 cm³/mol. The average Bonchev–Trinajstić information content (AvgIpc) is 2.39. The molecule has 0 saturated carbocycles. The number of carbonyl (C=O) groups excluding carboxylic acids is 1. The zero-order valence-electron chi connectivity index (χ0n) is 11.9. The fourth-order valence-electron chi connectivity index (χ4n) is 2.10. The van der Waals surface area contributed by atoms with Crippen LogP contribution in [-0.2, 0) is 4.79 Å². The van der Waals surface area contributed by atoms with Gasteiger partial charge in [0.2, 0.25) is 0 Å². The normalized spacial score (nSPS) is 11.7. The van der Waals surface area contributed by atoms with Crippen LogP contribution in [0, 0.1) is 6.92 Å². The van der Waals surface area contributed by atoms with Crippen LogP contribution < -0.4 is 10.6 Å². The Hall–Kier alpha value is -2.29. The first-order valence-corrected chi connectivity index (χ1v) is 6.78. The summed E-state index contributed by atoms with van der Waals surface area (Å²) in [6.45, 7) is 3.66. The van der Waals surface area contributed by atoms with Crippen molar-refractivity contribution in [2.75, 3.05) is 10.6 Å². The molecule has 0 aliphatic carbocycles. The first-order valence-electron chi connectivity index (χ1n) is 6.78. The molecule has 0 aliphatic heterocycles. The fraction of sp³-hybridized carbons (Fsp3) is 0.235. The molecular weight excluding hydrogens is 248 g/mol. The summed E-state index contributed by atoms with van der Waals surface area (Å²) in [5.41, 5.74) is 3.20. The van der Waals surface area contributed by atoms with Crippen molar-refractivity contribution in [2.24, 2.45) is 0 Å². The van der Waals surface area contributed by atoms with Crippen molar-refractivity contribution >= 4 is 17.2 Å². The van der Waals surface area contributed by atoms with E-state index in [1.54, 1.807) is 6.92 Å². The molecule has 0 spiro atoms. The second kappa shape index (κ2) is 6.75. The molecule has 104 valence electrons. The summed E-state index contributed by atoms with van der Waals surface area (Å²) in [7, 11) is 0. The quantitative estimate of drug-likeness (QED) is 0.782. The Morgan fingerprint density at radius 2 is 1.65 bits per heavy atom. The highest BCUT2D eigenvalue weighted by Crippen LogP contribution is 2.15. The van der Waals surface area contributed by atoms with Crippen LogP contribution in [-0.4, -0.2) is 11.9 Å². The van der Waals surface area contributed by atoms with E-state index in [2.05, 4.69) is 29.7 Å². The van der Waals surface area contributed by atoms with Crippen LogP contribution in [0.1, 0.15) is 18.9 Å². The molecule has 3 heteroatoms. The minimum absolute atomic E-state index is 0.114. The van der Waals surface area contributed by atoms with Crippen molar-refractivity contribution < 1.29 is 4.79 Å². The lowest BCUT2D eigenvalue weighted by Gasteiger charge is -2.21. The Morgan fingerprint density at radius 1 is 1.00 bits per heavy atom. The summed E-state index contributed by atoms with van der Waals surface area (Å²) in [5, 5.41) is 6.71. The number of para-hydroxylation sites is 1. The number of aryl methyl sites for hydroxylation is 1. The van der Waals surface area contributed by atoms with E-state index in [0.717, 1.165) is 11.4 Å². The molecule has 0 fully saturated rings. The number of anilines is 2. The third-order valence-electron chi connectivity index (χ3n) is 2.97. The summed E-state index contributed by atoms with van der Waals surface area (Å²) < 4.78 is 0. The van der Waals surface area contributed by atoms with Crippen molar-refractivity contribution in [2.45, 2.75) is 26.4 Å². The molecule has 0 bridgehead atoms. The first-order chi connectivity index (χ1) is 9.63. The van der Waals surface area contributed by atoms with Gasteiger partial charge in [-0.2, -0.15) is 0 Å². The Kier molecular flexibility index (Phi) is 4.77. The number of hydrogen-bond donors (Lipinski definition) is 2. The second-order valence-electron chi connectivity index (χ2n) is 4.98. The van der Waals surface area contributed by atoms with E-state index in [4.69, 9.17) is 0 Å². The van der Waals surface area contributed by atoms with Gasteiger partial charge < -0.3 is 10.6 Å². The SMILES string of the molecule is CC(=O)CC(Nc1ccccc1)Nc1cccc(C)c1. The minimum Gasteiger partial charge on any atom is -0.365 e. The summed E-state index contributed by atoms with van der Waals surface area (Å²) in [6.07, 6.45) is 0.319. The van der Waals surface area contributed by atoms with E-state index >= 15 is 0 Å². The molecule has 0 radical (unpaired) electrons. The largest absolute Gasteiger partial charge is 0.365 e. The Morgan fingerprint density at radius 3 is 2.30 bits per heavy atom. The van der Waals surface area contributed by atoms with Crippen LogP contribution in [0.3, 0.4) is 0 Å². The number of rotatable bonds is 6. The van der Waals surface area contributed by atoms with Gasteiger partial charge in [0.05, 0.1) is 0 Å². The van der Waals surface area contributed by atoms with Gasteiger partial charge in [-0.25, -0.2) is 0 Å². The molecule has 0 heterocycles. The van der Waals surface area contributed by atoms with Crippen LogP contribution in [0.5, 0.6) is 0 Å². The van der Waals surface area contributed by atoms with Crippen LogP contribution in [0.15, 0.2) is 54.6 Å². The Bertz CT molecular complexity index is 566. The summed E-state index contributed by atoms with van der Waals surface area (Å²) in [4.78, 5) is 11.4. The molecule has 2 N–H and O–H groups in total. The summed E-state index contributed by atoms with van der Waals surface area (Å²) in [6, 6.07) is 18.0. The maximum absolute atomic E-state index is 11.4. The lowest BCUT2D eigenvalue weighted by atomic mass is 10.2. The van der Waals surface area contributed by atoms with Gasteiger partial charge in [0, 0.05) is 17.8 Å². The van der Waals surface area contributed by atoms with Crippen molar-refractivity contribution in [1.29, 1.82) is 0 Å². The lowest BCUT2D eigenvalue weighted by molar-refractivity contribution is -0.117. The third kappa shape index (κ3) is 4.43. The predicted octanol–water partition coefficient (Wildman–Crippen LogP) is 3.82. The van der Waals surface area contributed by atoms with Crippen molar-refractivity contribution in [3.05, 3.63) is 60.2 Å². The number of benzene rings is 2. The van der Waals surface area contributed by atoms with Gasteiger partial charge >= 0.3 is 0 Å². The zero-order chi connectivity index (χ0) is 14.4. The molecule has 1 atom stereocenters. The van der Waals surface area contributed by atoms with E-state index in [1.807, 2.05) is 42.5 Å². The molecule has 0 aromatic heterocycles. The van der Waals surface area contributed by atoms with E-state index < -0.39 is 0 Å². The Balaban J connectivity index is 2.09. The molecule has 0 amide bonds. The number of hydrogen-bond acceptors (Lipinski definition) is 3. The number of ketones is 1. The van der Waals surface area contributed by atoms with E-state index in [1.165, 1.54) is 5.56 Å². The molecule has 2 rings (SSSR count). The van der Waals surface area contributed by atoms with Gasteiger partial charge in [-0.3, -0.25) is 4.79 Å². The molecule has 0 aliphatic rings. The lowest BCUT2D eigenvalue weighted by Crippen LogP contribution is -2.30. The highest BCUT2D eigenvalue weighted by molar-refractivity contribution is 5.77. The van der Waals surface area contributed by atoms with Crippen molar-refractivity contribution in [1.82, 2.24) is 0 Å². The van der Waals surface area contributed by atoms with Crippen LogP contribution >= 0.6 is 0 Å². The number of carbonyl (C=O) groups is 1. The third-order valence-corrected chi connectivity index (χ3v) is 2.97. The molecule has 0 saturated heterocycles. The van der Waals surface area contributed by atoms with Gasteiger partial charge in [-0.15, -0.1) is 0 Å². The molecule has 2 aromatic rings. The van der Waals surface area contributed by atoms with E-state index in [-0.39, 0.29) is 11.9 Å². The van der Waals surface area contributed by atoms with Gasteiger partial charge in [-0.05, 0) is 43.7 Å². The standard InChI is InChI=1S/C17H20N2O/c1-13-7-6-10-16(11-13)19-17(12-14(2)20)18-15-8-4-3-5-9-15/h3-11,17-19H,12H2,1-2H3. The fourth-order valence-corrected chi connectivity index (χ4v) is 2.10. The van der Waals surface area contributed by atoms with Crippen LogP contribution in [0.2, 0.25) is 0 Å². The van der Waals surface area contributed by atoms with Gasteiger partial charge in [0.25, 0.3) is 0 Å². The maximum atomic E-state index is 11.4. The zero-order valence-corrected chi connectivity index (χ0v) is 11.9. The Labute approximate surface area is 120 Å². The molecule has 3 nitrogen and oxygen atoms in total. The van der Waals surface area contributed by atoms with Crippen molar-refractivity contribution in [3.63, 3.8) is 0 Å². The topological polar surface area (TPSA) is 41.1 Å². The van der Waals surface area contributed by atoms with Gasteiger partial charge in [0.1, 0.15) is 11.9 Å². The number of Topliss-reactive ketones (excluding diaryl/α,β-unsaturated/α-hetero) is 1. The average molecular weight is 268 g/mol. The highest BCUT2D eigenvalue weighted by atomic mass is 16.1. The number of nitrogens with one attached hydrogen (secondary N) is 2. The smallest absolute Gasteiger partial charge is 0.133 e. The van der Waals surface area contributed by atoms with E-state index in [9.17, 15) is 4.79 Å². The van der Waals surface area contributed by atoms with Crippen LogP contribution in [0.4, 0.5) is 11.4 Å². The van der Waals surface area contributed by atoms with Crippen LogP contribution in [0.25, 0.3) is 0 Å². The molecular formula is C17H20N2O. The van der Waals surface area contributed by atoms with Gasteiger partial charge in [-0.1, -0.05) is 30.3 Å². The molecule has 20 heavy (non-hydrogen) atoms. The highest BCUT2D eigenvalue weighted by Gasteiger charge is 2.11. The second-order valence-corrected chi connectivity index (χ2v) is 4.98. The first kappa shape index (κ1) is 14.1. The molecule has 1 unspecified atom stereocenters. The van der Waals surface area contributed by atoms with Crippen molar-refractivity contribution in [3.8, 4) is 0 Å². The monoisotopic (exact) mass is 268 g/mol. The molecule has 2 aromatic carbocycles. The van der Waals surface area contributed by atoms with E-state index in [0.29, 0.717) is 6.42 Å².